The molecule has 3 rings (SSSR count). The third kappa shape index (κ3) is 3.18. The van der Waals surface area contributed by atoms with Crippen LogP contribution in [0.4, 0.5) is 0 Å². The molecular formula is C15H19BrN2O. The van der Waals surface area contributed by atoms with Gasteiger partial charge in [-0.2, -0.15) is 0 Å². The Hall–Kier alpha value is -0.870. The lowest BCUT2D eigenvalue weighted by Crippen LogP contribution is -2.39. The molecule has 0 saturated carbocycles. The Balaban J connectivity index is 1.64. The number of fused-ring (bicyclic) bond motifs is 2. The zero-order valence-electron chi connectivity index (χ0n) is 10.9. The fraction of sp³-hybridized carbons (Fsp3) is 0.533. The Bertz CT molecular complexity index is 477. The molecule has 19 heavy (non-hydrogen) atoms. The average Bonchev–Trinajstić information content (AvgIpc) is 2.68. The van der Waals surface area contributed by atoms with Crippen LogP contribution in [0.15, 0.2) is 28.7 Å². The molecule has 0 spiro atoms. The fourth-order valence-electron chi connectivity index (χ4n) is 3.10. The highest BCUT2D eigenvalue weighted by Crippen LogP contribution is 2.21. The molecule has 2 fully saturated rings. The fourth-order valence-corrected chi connectivity index (χ4v) is 3.55. The Morgan fingerprint density at radius 2 is 2.16 bits per heavy atom. The van der Waals surface area contributed by atoms with Gasteiger partial charge in [-0.3, -0.25) is 4.79 Å². The second-order valence-corrected chi connectivity index (χ2v) is 6.49. The molecule has 102 valence electrons. The van der Waals surface area contributed by atoms with E-state index in [1.807, 2.05) is 29.2 Å². The van der Waals surface area contributed by atoms with E-state index < -0.39 is 0 Å². The summed E-state index contributed by atoms with van der Waals surface area (Å²) in [5.41, 5.74) is 1.08. The second kappa shape index (κ2) is 5.63. The number of carbonyl (C=O) groups excluding carboxylic acids is 1. The van der Waals surface area contributed by atoms with Crippen LogP contribution in [0.25, 0.3) is 0 Å². The number of carbonyl (C=O) groups is 1. The molecule has 2 aliphatic rings. The van der Waals surface area contributed by atoms with Crippen molar-refractivity contribution in [3.63, 3.8) is 0 Å². The summed E-state index contributed by atoms with van der Waals surface area (Å²) in [5, 5.41) is 3.61. The van der Waals surface area contributed by atoms with E-state index in [4.69, 9.17) is 0 Å². The van der Waals surface area contributed by atoms with Gasteiger partial charge in [-0.1, -0.05) is 28.1 Å². The zero-order valence-corrected chi connectivity index (χ0v) is 12.5. The molecule has 0 aliphatic carbocycles. The number of halogens is 1. The van der Waals surface area contributed by atoms with Crippen molar-refractivity contribution < 1.29 is 4.79 Å². The highest BCUT2D eigenvalue weighted by molar-refractivity contribution is 9.10. The summed E-state index contributed by atoms with van der Waals surface area (Å²) < 4.78 is 1.04. The smallest absolute Gasteiger partial charge is 0.227 e. The lowest BCUT2D eigenvalue weighted by molar-refractivity contribution is -0.130. The molecule has 1 amide bonds. The summed E-state index contributed by atoms with van der Waals surface area (Å²) >= 11 is 3.45. The normalized spacial score (nSPS) is 26.3. The summed E-state index contributed by atoms with van der Waals surface area (Å²) in [5.74, 6) is 0.257. The Morgan fingerprint density at radius 1 is 1.32 bits per heavy atom. The number of hydrogen-bond acceptors (Lipinski definition) is 2. The summed E-state index contributed by atoms with van der Waals surface area (Å²) in [6.45, 7) is 1.78. The minimum Gasteiger partial charge on any atom is -0.341 e. The number of nitrogens with zero attached hydrogens (tertiary/aromatic N) is 1. The predicted molar refractivity (Wildman–Crippen MR) is 79.0 cm³/mol. The van der Waals surface area contributed by atoms with Gasteiger partial charge in [-0.25, -0.2) is 0 Å². The van der Waals surface area contributed by atoms with Gasteiger partial charge in [0.15, 0.2) is 0 Å². The van der Waals surface area contributed by atoms with Gasteiger partial charge in [0.1, 0.15) is 0 Å². The second-order valence-electron chi connectivity index (χ2n) is 5.57. The summed E-state index contributed by atoms with van der Waals surface area (Å²) in [4.78, 5) is 14.4. The molecule has 0 aromatic heterocycles. The lowest BCUT2D eigenvalue weighted by Gasteiger charge is -2.24. The lowest BCUT2D eigenvalue weighted by atomic mass is 10.1. The molecule has 3 nitrogen and oxygen atoms in total. The van der Waals surface area contributed by atoms with Crippen LogP contribution in [0.1, 0.15) is 24.8 Å². The van der Waals surface area contributed by atoms with E-state index in [0.717, 1.165) is 29.5 Å². The minimum absolute atomic E-state index is 0.257. The quantitative estimate of drug-likeness (QED) is 0.906. The molecule has 0 unspecified atom stereocenters. The molecule has 2 saturated heterocycles. The van der Waals surface area contributed by atoms with Crippen LogP contribution in [0.3, 0.4) is 0 Å². The van der Waals surface area contributed by atoms with Crippen molar-refractivity contribution in [3.8, 4) is 0 Å². The van der Waals surface area contributed by atoms with Gasteiger partial charge in [0.25, 0.3) is 0 Å². The molecule has 1 N–H and O–H groups in total. The average molecular weight is 323 g/mol. The van der Waals surface area contributed by atoms with E-state index >= 15 is 0 Å². The van der Waals surface area contributed by atoms with Crippen LogP contribution in [-0.4, -0.2) is 36.0 Å². The molecule has 0 radical (unpaired) electrons. The van der Waals surface area contributed by atoms with Crippen LogP contribution >= 0.6 is 15.9 Å². The maximum atomic E-state index is 12.4. The molecular weight excluding hydrogens is 304 g/mol. The first-order chi connectivity index (χ1) is 9.20. The van der Waals surface area contributed by atoms with Crippen molar-refractivity contribution in [3.05, 3.63) is 34.3 Å². The first-order valence-electron chi connectivity index (χ1n) is 6.99. The van der Waals surface area contributed by atoms with Gasteiger partial charge in [0.05, 0.1) is 6.42 Å². The van der Waals surface area contributed by atoms with E-state index in [2.05, 4.69) is 21.2 Å². The Morgan fingerprint density at radius 3 is 3.00 bits per heavy atom. The van der Waals surface area contributed by atoms with Gasteiger partial charge < -0.3 is 10.2 Å². The number of nitrogens with one attached hydrogen (secondary N) is 1. The third-order valence-electron chi connectivity index (χ3n) is 4.12. The van der Waals surface area contributed by atoms with Crippen molar-refractivity contribution in [1.82, 2.24) is 10.2 Å². The molecule has 2 heterocycles. The van der Waals surface area contributed by atoms with Gasteiger partial charge in [0.2, 0.25) is 5.91 Å². The third-order valence-corrected chi connectivity index (χ3v) is 4.61. The number of benzene rings is 1. The first kappa shape index (κ1) is 13.1. The monoisotopic (exact) mass is 322 g/mol. The maximum absolute atomic E-state index is 12.4. The van der Waals surface area contributed by atoms with Gasteiger partial charge in [0, 0.05) is 29.6 Å². The van der Waals surface area contributed by atoms with E-state index in [1.165, 1.54) is 12.8 Å². The van der Waals surface area contributed by atoms with E-state index in [9.17, 15) is 4.79 Å². The SMILES string of the molecule is O=C(Cc1cccc(Br)c1)N1CC[C@H]2CC[C@@H](C1)N2. The number of likely N-dealkylation sites (tertiary alicyclic amines) is 1. The first-order valence-corrected chi connectivity index (χ1v) is 7.78. The summed E-state index contributed by atoms with van der Waals surface area (Å²) in [6.07, 6.45) is 4.10. The van der Waals surface area contributed by atoms with Crippen molar-refractivity contribution >= 4 is 21.8 Å². The maximum Gasteiger partial charge on any atom is 0.227 e. The predicted octanol–water partition coefficient (Wildman–Crippen LogP) is 2.34. The molecule has 2 bridgehead atoms. The molecule has 4 heteroatoms. The van der Waals surface area contributed by atoms with Crippen LogP contribution in [0.5, 0.6) is 0 Å². The van der Waals surface area contributed by atoms with Gasteiger partial charge in [-0.05, 0) is 37.0 Å². The molecule has 1 aromatic rings. The van der Waals surface area contributed by atoms with Gasteiger partial charge in [-0.15, -0.1) is 0 Å². The van der Waals surface area contributed by atoms with E-state index in [-0.39, 0.29) is 5.91 Å². The van der Waals surface area contributed by atoms with Crippen LogP contribution in [0.2, 0.25) is 0 Å². The Labute approximate surface area is 122 Å². The van der Waals surface area contributed by atoms with Crippen molar-refractivity contribution in [2.45, 2.75) is 37.8 Å². The number of amides is 1. The summed E-state index contributed by atoms with van der Waals surface area (Å²) in [7, 11) is 0. The van der Waals surface area contributed by atoms with Crippen molar-refractivity contribution in [2.24, 2.45) is 0 Å². The van der Waals surface area contributed by atoms with E-state index in [1.54, 1.807) is 0 Å². The van der Waals surface area contributed by atoms with Crippen LogP contribution < -0.4 is 5.32 Å². The van der Waals surface area contributed by atoms with Crippen molar-refractivity contribution in [1.29, 1.82) is 0 Å². The molecule has 2 aliphatic heterocycles. The zero-order chi connectivity index (χ0) is 13.2. The van der Waals surface area contributed by atoms with Crippen molar-refractivity contribution in [2.75, 3.05) is 13.1 Å². The van der Waals surface area contributed by atoms with Crippen LogP contribution in [-0.2, 0) is 11.2 Å². The van der Waals surface area contributed by atoms with Gasteiger partial charge >= 0.3 is 0 Å². The largest absolute Gasteiger partial charge is 0.341 e. The standard InChI is InChI=1S/C15H19BrN2O/c16-12-3-1-2-11(8-12)9-15(19)18-7-6-13-4-5-14(10-18)17-13/h1-3,8,13-14,17H,4-7,9-10H2/t13-,14+/m1/s1. The molecule has 1 aromatic carbocycles. The topological polar surface area (TPSA) is 32.3 Å². The minimum atomic E-state index is 0.257. The highest BCUT2D eigenvalue weighted by Gasteiger charge is 2.30. The van der Waals surface area contributed by atoms with Crippen LogP contribution in [0, 0.1) is 0 Å². The highest BCUT2D eigenvalue weighted by atomic mass is 79.9. The Kier molecular flexibility index (Phi) is 3.89. The van der Waals surface area contributed by atoms with E-state index in [0.29, 0.717) is 18.5 Å². The summed E-state index contributed by atoms with van der Waals surface area (Å²) in [6, 6.07) is 9.17. The molecule has 2 atom stereocenters. The number of rotatable bonds is 2. The number of hydrogen-bond donors (Lipinski definition) is 1.